The lowest BCUT2D eigenvalue weighted by Crippen LogP contribution is -2.28. The lowest BCUT2D eigenvalue weighted by Gasteiger charge is -2.17. The maximum Gasteiger partial charge on any atom is 0.0161 e. The Balaban J connectivity index is 2.27. The minimum atomic E-state index is 1.02. The zero-order valence-corrected chi connectivity index (χ0v) is 7.13. The Morgan fingerprint density at radius 1 is 1.18 bits per heavy atom. The third-order valence-electron chi connectivity index (χ3n) is 2.07. The molecule has 0 aromatic rings. The molecule has 1 fully saturated rings. The summed E-state index contributed by atoms with van der Waals surface area (Å²) in [5.41, 5.74) is 0. The molecule has 0 bridgehead atoms. The smallest absolute Gasteiger partial charge is 0.0161 e. The van der Waals surface area contributed by atoms with E-state index in [4.69, 9.17) is 0 Å². The Morgan fingerprint density at radius 3 is 2.73 bits per heavy atom. The van der Waals surface area contributed by atoms with E-state index in [1.54, 1.807) is 0 Å². The molecule has 0 unspecified atom stereocenters. The molecule has 2 nitrogen and oxygen atoms in total. The third-order valence-corrected chi connectivity index (χ3v) is 2.07. The molecule has 1 aliphatic rings. The first-order valence-corrected chi connectivity index (χ1v) is 4.21. The van der Waals surface area contributed by atoms with Crippen molar-refractivity contribution in [3.05, 3.63) is 19.7 Å². The SMILES string of the molecule is [CH2]N1CCCN(CC=C)CC1. The van der Waals surface area contributed by atoms with Crippen molar-refractivity contribution in [1.82, 2.24) is 9.80 Å². The van der Waals surface area contributed by atoms with Gasteiger partial charge < -0.3 is 4.90 Å². The van der Waals surface area contributed by atoms with Crippen LogP contribution in [0.2, 0.25) is 0 Å². The van der Waals surface area contributed by atoms with Crippen LogP contribution in [0.25, 0.3) is 0 Å². The van der Waals surface area contributed by atoms with Gasteiger partial charge in [-0.2, -0.15) is 0 Å². The van der Waals surface area contributed by atoms with Gasteiger partial charge in [0, 0.05) is 26.7 Å². The zero-order valence-electron chi connectivity index (χ0n) is 7.13. The Morgan fingerprint density at radius 2 is 2.00 bits per heavy atom. The van der Waals surface area contributed by atoms with Gasteiger partial charge in [-0.1, -0.05) is 6.08 Å². The fraction of sp³-hybridized carbons (Fsp3) is 0.667. The van der Waals surface area contributed by atoms with Crippen LogP contribution < -0.4 is 0 Å². The number of hydrogen-bond donors (Lipinski definition) is 0. The van der Waals surface area contributed by atoms with Gasteiger partial charge in [0.15, 0.2) is 0 Å². The van der Waals surface area contributed by atoms with E-state index in [1.165, 1.54) is 13.0 Å². The van der Waals surface area contributed by atoms with Gasteiger partial charge in [0.2, 0.25) is 0 Å². The lowest BCUT2D eigenvalue weighted by molar-refractivity contribution is 0.309. The second kappa shape index (κ2) is 4.52. The quantitative estimate of drug-likeness (QED) is 0.545. The summed E-state index contributed by atoms with van der Waals surface area (Å²) in [6.45, 7) is 9.31. The molecule has 1 aliphatic heterocycles. The van der Waals surface area contributed by atoms with Crippen molar-refractivity contribution in [3.63, 3.8) is 0 Å². The highest BCUT2D eigenvalue weighted by Gasteiger charge is 2.09. The van der Waals surface area contributed by atoms with Gasteiger partial charge in [-0.25, -0.2) is 0 Å². The molecule has 0 aromatic carbocycles. The van der Waals surface area contributed by atoms with Crippen molar-refractivity contribution in [1.29, 1.82) is 0 Å². The minimum absolute atomic E-state index is 1.02. The van der Waals surface area contributed by atoms with Crippen molar-refractivity contribution in [2.75, 3.05) is 32.7 Å². The molecule has 0 N–H and O–H groups in total. The van der Waals surface area contributed by atoms with E-state index in [2.05, 4.69) is 23.4 Å². The predicted octanol–water partition coefficient (Wildman–Crippen LogP) is 0.972. The molecule has 63 valence electrons. The Kier molecular flexibility index (Phi) is 3.60. The van der Waals surface area contributed by atoms with Gasteiger partial charge in [-0.3, -0.25) is 4.90 Å². The summed E-state index contributed by atoms with van der Waals surface area (Å²) in [6.07, 6.45) is 3.20. The zero-order chi connectivity index (χ0) is 8.10. The molecule has 1 heterocycles. The molecule has 0 spiro atoms. The van der Waals surface area contributed by atoms with Gasteiger partial charge in [0.25, 0.3) is 0 Å². The van der Waals surface area contributed by atoms with E-state index in [0.29, 0.717) is 0 Å². The van der Waals surface area contributed by atoms with Crippen LogP contribution in [0.3, 0.4) is 0 Å². The summed E-state index contributed by atoms with van der Waals surface area (Å²) in [5, 5.41) is 0. The molecule has 1 rings (SSSR count). The van der Waals surface area contributed by atoms with Crippen molar-refractivity contribution in [2.45, 2.75) is 6.42 Å². The monoisotopic (exact) mass is 153 g/mol. The van der Waals surface area contributed by atoms with Gasteiger partial charge in [0.1, 0.15) is 0 Å². The second-order valence-corrected chi connectivity index (χ2v) is 3.06. The highest BCUT2D eigenvalue weighted by atomic mass is 15.2. The average molecular weight is 153 g/mol. The Labute approximate surface area is 69.5 Å². The summed E-state index contributed by atoms with van der Waals surface area (Å²) >= 11 is 0. The highest BCUT2D eigenvalue weighted by molar-refractivity contribution is 4.76. The maximum absolute atomic E-state index is 3.93. The highest BCUT2D eigenvalue weighted by Crippen LogP contribution is 2.00. The van der Waals surface area contributed by atoms with Crippen LogP contribution in [0.1, 0.15) is 6.42 Å². The number of rotatable bonds is 2. The fourth-order valence-electron chi connectivity index (χ4n) is 1.39. The van der Waals surface area contributed by atoms with Crippen molar-refractivity contribution < 1.29 is 0 Å². The third kappa shape index (κ3) is 3.04. The van der Waals surface area contributed by atoms with Crippen LogP contribution in [0.4, 0.5) is 0 Å². The molecule has 1 radical (unpaired) electrons. The molecule has 11 heavy (non-hydrogen) atoms. The van der Waals surface area contributed by atoms with Gasteiger partial charge >= 0.3 is 0 Å². The summed E-state index contributed by atoms with van der Waals surface area (Å²) in [5.74, 6) is 0. The molecule has 1 saturated heterocycles. The molecular weight excluding hydrogens is 136 g/mol. The van der Waals surface area contributed by atoms with E-state index in [0.717, 1.165) is 26.2 Å². The summed E-state index contributed by atoms with van der Waals surface area (Å²) < 4.78 is 0. The lowest BCUT2D eigenvalue weighted by atomic mass is 10.4. The van der Waals surface area contributed by atoms with E-state index < -0.39 is 0 Å². The second-order valence-electron chi connectivity index (χ2n) is 3.06. The standard InChI is InChI=1S/C9H17N2/c1-3-5-11-7-4-6-10(2)8-9-11/h3H,1-2,4-9H2. The van der Waals surface area contributed by atoms with Crippen molar-refractivity contribution >= 4 is 0 Å². The number of hydrogen-bond acceptors (Lipinski definition) is 2. The maximum atomic E-state index is 3.93. The number of nitrogens with zero attached hydrogens (tertiary/aromatic N) is 2. The Bertz CT molecular complexity index is 123. The van der Waals surface area contributed by atoms with Crippen molar-refractivity contribution in [2.24, 2.45) is 0 Å². The molecule has 0 aromatic heterocycles. The molecular formula is C9H17N2. The van der Waals surface area contributed by atoms with Crippen LogP contribution in [-0.4, -0.2) is 42.5 Å². The first-order valence-electron chi connectivity index (χ1n) is 4.21. The predicted molar refractivity (Wildman–Crippen MR) is 48.2 cm³/mol. The van der Waals surface area contributed by atoms with Crippen LogP contribution in [0.5, 0.6) is 0 Å². The van der Waals surface area contributed by atoms with Crippen LogP contribution in [0.15, 0.2) is 12.7 Å². The first-order chi connectivity index (χ1) is 5.33. The molecule has 0 aliphatic carbocycles. The minimum Gasteiger partial charge on any atom is -0.301 e. The largest absolute Gasteiger partial charge is 0.301 e. The Hall–Kier alpha value is -0.340. The van der Waals surface area contributed by atoms with Gasteiger partial charge in [-0.15, -0.1) is 6.58 Å². The summed E-state index contributed by atoms with van der Waals surface area (Å²) in [7, 11) is 3.93. The fourth-order valence-corrected chi connectivity index (χ4v) is 1.39. The molecule has 0 saturated carbocycles. The summed E-state index contributed by atoms with van der Waals surface area (Å²) in [4.78, 5) is 4.56. The van der Waals surface area contributed by atoms with Crippen LogP contribution in [-0.2, 0) is 0 Å². The summed E-state index contributed by atoms with van der Waals surface area (Å²) in [6, 6.07) is 0. The van der Waals surface area contributed by atoms with E-state index in [1.807, 2.05) is 6.08 Å². The first kappa shape index (κ1) is 8.75. The van der Waals surface area contributed by atoms with Gasteiger partial charge in [-0.05, 0) is 19.5 Å². The van der Waals surface area contributed by atoms with E-state index in [-0.39, 0.29) is 0 Å². The van der Waals surface area contributed by atoms with E-state index >= 15 is 0 Å². The van der Waals surface area contributed by atoms with Crippen LogP contribution >= 0.6 is 0 Å². The topological polar surface area (TPSA) is 6.48 Å². The molecule has 0 amide bonds. The van der Waals surface area contributed by atoms with E-state index in [9.17, 15) is 0 Å². The molecule has 2 heteroatoms. The molecule has 0 atom stereocenters. The van der Waals surface area contributed by atoms with Crippen LogP contribution in [0, 0.1) is 7.05 Å². The van der Waals surface area contributed by atoms with Gasteiger partial charge in [0.05, 0.1) is 0 Å². The van der Waals surface area contributed by atoms with Crippen molar-refractivity contribution in [3.8, 4) is 0 Å². The normalized spacial score (nSPS) is 23.0. The average Bonchev–Trinajstić information content (AvgIpc) is 2.17.